The van der Waals surface area contributed by atoms with Crippen molar-refractivity contribution in [3.63, 3.8) is 0 Å². The Labute approximate surface area is 88.3 Å². The molecule has 0 saturated carbocycles. The highest BCUT2D eigenvalue weighted by atomic mass is 35.5. The topological polar surface area (TPSA) is 28.7 Å². The lowest BCUT2D eigenvalue weighted by atomic mass is 10.1. The number of aromatic nitrogens is 2. The van der Waals surface area contributed by atoms with Crippen LogP contribution >= 0.6 is 11.6 Å². The molecule has 1 atom stereocenters. The SMILES string of the molecule is Cc1ccc2[nH]c(C(C)Cl)nc2c1C. The summed E-state index contributed by atoms with van der Waals surface area (Å²) < 4.78 is 0. The summed E-state index contributed by atoms with van der Waals surface area (Å²) in [6.07, 6.45) is 0. The Hall–Kier alpha value is -1.02. The number of fused-ring (bicyclic) bond motifs is 1. The first-order chi connectivity index (χ1) is 6.59. The number of hydrogen-bond acceptors (Lipinski definition) is 1. The molecule has 0 aliphatic heterocycles. The van der Waals surface area contributed by atoms with E-state index in [-0.39, 0.29) is 5.38 Å². The number of halogens is 1. The normalized spacial score (nSPS) is 13.4. The molecule has 74 valence electrons. The van der Waals surface area contributed by atoms with Crippen LogP contribution in [0.15, 0.2) is 12.1 Å². The zero-order chi connectivity index (χ0) is 10.3. The monoisotopic (exact) mass is 208 g/mol. The van der Waals surface area contributed by atoms with Crippen molar-refractivity contribution in [3.8, 4) is 0 Å². The highest BCUT2D eigenvalue weighted by molar-refractivity contribution is 6.20. The molecule has 0 radical (unpaired) electrons. The molecule has 2 aromatic rings. The van der Waals surface area contributed by atoms with E-state index in [1.165, 1.54) is 11.1 Å². The summed E-state index contributed by atoms with van der Waals surface area (Å²) >= 11 is 5.97. The van der Waals surface area contributed by atoms with Crippen LogP contribution in [0.2, 0.25) is 0 Å². The second-order valence-corrected chi connectivity index (χ2v) is 4.30. The molecular formula is C11H13ClN2. The number of hydrogen-bond donors (Lipinski definition) is 1. The zero-order valence-corrected chi connectivity index (χ0v) is 9.31. The third kappa shape index (κ3) is 1.40. The van der Waals surface area contributed by atoms with Gasteiger partial charge in [0.05, 0.1) is 16.4 Å². The predicted molar refractivity (Wildman–Crippen MR) is 59.8 cm³/mol. The van der Waals surface area contributed by atoms with Crippen molar-refractivity contribution in [3.05, 3.63) is 29.1 Å². The molecule has 2 nitrogen and oxygen atoms in total. The van der Waals surface area contributed by atoms with Crippen LogP contribution in [0.3, 0.4) is 0 Å². The average molecular weight is 209 g/mol. The number of aryl methyl sites for hydroxylation is 2. The molecule has 1 heterocycles. The van der Waals surface area contributed by atoms with E-state index in [9.17, 15) is 0 Å². The molecule has 0 fully saturated rings. The van der Waals surface area contributed by atoms with Crippen LogP contribution in [0, 0.1) is 13.8 Å². The molecule has 3 heteroatoms. The highest BCUT2D eigenvalue weighted by Gasteiger charge is 2.09. The Morgan fingerprint density at radius 2 is 2.07 bits per heavy atom. The van der Waals surface area contributed by atoms with Crippen molar-refractivity contribution in [2.45, 2.75) is 26.1 Å². The van der Waals surface area contributed by atoms with Crippen molar-refractivity contribution in [2.24, 2.45) is 0 Å². The number of imidazole rings is 1. The van der Waals surface area contributed by atoms with Gasteiger partial charge < -0.3 is 4.98 Å². The van der Waals surface area contributed by atoms with Crippen molar-refractivity contribution >= 4 is 22.6 Å². The van der Waals surface area contributed by atoms with Gasteiger partial charge in [-0.05, 0) is 38.0 Å². The molecule has 14 heavy (non-hydrogen) atoms. The van der Waals surface area contributed by atoms with Gasteiger partial charge in [-0.3, -0.25) is 0 Å². The molecule has 0 amide bonds. The lowest BCUT2D eigenvalue weighted by molar-refractivity contribution is 0.961. The fraction of sp³-hybridized carbons (Fsp3) is 0.364. The van der Waals surface area contributed by atoms with Crippen molar-refractivity contribution in [2.75, 3.05) is 0 Å². The van der Waals surface area contributed by atoms with Crippen LogP contribution in [-0.4, -0.2) is 9.97 Å². The Morgan fingerprint density at radius 1 is 1.36 bits per heavy atom. The van der Waals surface area contributed by atoms with Crippen LogP contribution in [0.5, 0.6) is 0 Å². The van der Waals surface area contributed by atoms with E-state index in [2.05, 4.69) is 29.9 Å². The standard InChI is InChI=1S/C11H13ClN2/c1-6-4-5-9-10(7(6)2)14-11(13-9)8(3)12/h4-5,8H,1-3H3,(H,13,14). The van der Waals surface area contributed by atoms with Gasteiger partial charge >= 0.3 is 0 Å². The average Bonchev–Trinajstić information content (AvgIpc) is 2.56. The molecule has 0 spiro atoms. The molecule has 1 N–H and O–H groups in total. The van der Waals surface area contributed by atoms with Crippen LogP contribution < -0.4 is 0 Å². The molecule has 1 unspecified atom stereocenters. The Balaban J connectivity index is 2.71. The summed E-state index contributed by atoms with van der Waals surface area (Å²) in [4.78, 5) is 7.71. The largest absolute Gasteiger partial charge is 0.341 e. The van der Waals surface area contributed by atoms with Gasteiger partial charge in [-0.1, -0.05) is 6.07 Å². The number of nitrogens with zero attached hydrogens (tertiary/aromatic N) is 1. The minimum Gasteiger partial charge on any atom is -0.341 e. The molecular weight excluding hydrogens is 196 g/mol. The summed E-state index contributed by atoms with van der Waals surface area (Å²) in [5.74, 6) is 0.843. The second-order valence-electron chi connectivity index (χ2n) is 3.64. The number of nitrogens with one attached hydrogen (secondary N) is 1. The van der Waals surface area contributed by atoms with Crippen LogP contribution in [0.1, 0.15) is 29.3 Å². The summed E-state index contributed by atoms with van der Waals surface area (Å²) in [6.45, 7) is 6.09. The van der Waals surface area contributed by atoms with Crippen LogP contribution in [0.25, 0.3) is 11.0 Å². The van der Waals surface area contributed by atoms with E-state index in [0.29, 0.717) is 0 Å². The Morgan fingerprint density at radius 3 is 2.71 bits per heavy atom. The first kappa shape index (κ1) is 9.53. The van der Waals surface area contributed by atoms with Gasteiger partial charge in [-0.25, -0.2) is 4.98 Å². The number of H-pyrrole nitrogens is 1. The maximum atomic E-state index is 5.97. The van der Waals surface area contributed by atoms with Gasteiger partial charge in [0.1, 0.15) is 5.82 Å². The summed E-state index contributed by atoms with van der Waals surface area (Å²) in [5, 5.41) is -0.0675. The van der Waals surface area contributed by atoms with E-state index in [4.69, 9.17) is 11.6 Å². The van der Waals surface area contributed by atoms with Crippen molar-refractivity contribution in [1.29, 1.82) is 0 Å². The van der Waals surface area contributed by atoms with E-state index >= 15 is 0 Å². The molecule has 0 saturated heterocycles. The smallest absolute Gasteiger partial charge is 0.125 e. The lowest BCUT2D eigenvalue weighted by Gasteiger charge is -1.98. The summed E-state index contributed by atoms with van der Waals surface area (Å²) in [5.41, 5.74) is 4.59. The number of rotatable bonds is 1. The maximum absolute atomic E-state index is 5.97. The van der Waals surface area contributed by atoms with Gasteiger partial charge in [-0.2, -0.15) is 0 Å². The Kier molecular flexibility index (Phi) is 2.23. The minimum atomic E-state index is -0.0675. The minimum absolute atomic E-state index is 0.0675. The van der Waals surface area contributed by atoms with Gasteiger partial charge in [0.15, 0.2) is 0 Å². The summed E-state index contributed by atoms with van der Waals surface area (Å²) in [7, 11) is 0. The molecule has 2 rings (SSSR count). The second kappa shape index (κ2) is 3.28. The third-order valence-corrected chi connectivity index (χ3v) is 2.78. The quantitative estimate of drug-likeness (QED) is 0.715. The molecule has 1 aromatic carbocycles. The molecule has 0 aliphatic rings. The molecule has 1 aromatic heterocycles. The molecule has 0 bridgehead atoms. The van der Waals surface area contributed by atoms with Gasteiger partial charge in [0.2, 0.25) is 0 Å². The Bertz CT molecular complexity index is 471. The van der Waals surface area contributed by atoms with E-state index in [1.807, 2.05) is 13.0 Å². The van der Waals surface area contributed by atoms with Gasteiger partial charge in [0, 0.05) is 0 Å². The first-order valence-corrected chi connectivity index (χ1v) is 5.13. The van der Waals surface area contributed by atoms with Crippen molar-refractivity contribution in [1.82, 2.24) is 9.97 Å². The lowest BCUT2D eigenvalue weighted by Crippen LogP contribution is -1.86. The maximum Gasteiger partial charge on any atom is 0.125 e. The number of aromatic amines is 1. The first-order valence-electron chi connectivity index (χ1n) is 4.69. The zero-order valence-electron chi connectivity index (χ0n) is 8.56. The summed E-state index contributed by atoms with van der Waals surface area (Å²) in [6, 6.07) is 4.14. The van der Waals surface area contributed by atoms with Crippen molar-refractivity contribution < 1.29 is 0 Å². The fourth-order valence-electron chi connectivity index (χ4n) is 1.52. The van der Waals surface area contributed by atoms with E-state index < -0.39 is 0 Å². The number of alkyl halides is 1. The highest BCUT2D eigenvalue weighted by Crippen LogP contribution is 2.23. The number of benzene rings is 1. The third-order valence-electron chi connectivity index (χ3n) is 2.57. The fourth-order valence-corrected chi connectivity index (χ4v) is 1.62. The van der Waals surface area contributed by atoms with Crippen LogP contribution in [-0.2, 0) is 0 Å². The van der Waals surface area contributed by atoms with E-state index in [1.54, 1.807) is 0 Å². The van der Waals surface area contributed by atoms with Gasteiger partial charge in [-0.15, -0.1) is 11.6 Å². The molecule has 0 aliphatic carbocycles. The van der Waals surface area contributed by atoms with Crippen LogP contribution in [0.4, 0.5) is 0 Å². The van der Waals surface area contributed by atoms with Gasteiger partial charge in [0.25, 0.3) is 0 Å². The van der Waals surface area contributed by atoms with E-state index in [0.717, 1.165) is 16.9 Å². The predicted octanol–water partition coefficient (Wildman–Crippen LogP) is 3.48.